The van der Waals surface area contributed by atoms with Gasteiger partial charge in [0.2, 0.25) is 0 Å². The molecule has 0 saturated carbocycles. The van der Waals surface area contributed by atoms with Gasteiger partial charge in [0.15, 0.2) is 9.84 Å². The predicted octanol–water partition coefficient (Wildman–Crippen LogP) is 3.71. The van der Waals surface area contributed by atoms with Gasteiger partial charge in [0.05, 0.1) is 4.90 Å². The Labute approximate surface area is 124 Å². The van der Waals surface area contributed by atoms with Crippen LogP contribution in [0.5, 0.6) is 0 Å². The summed E-state index contributed by atoms with van der Waals surface area (Å²) in [7, 11) is -3.19. The fourth-order valence-corrected chi connectivity index (χ4v) is 2.71. The monoisotopic (exact) mass is 307 g/mol. The molecule has 0 aliphatic heterocycles. The maximum Gasteiger partial charge on any atom is 0.175 e. The fraction of sp³-hybridized carbons (Fsp3) is 0.250. The van der Waals surface area contributed by atoms with Gasteiger partial charge >= 0.3 is 0 Å². The summed E-state index contributed by atoms with van der Waals surface area (Å²) in [5.41, 5.74) is 2.23. The Morgan fingerprint density at radius 1 is 1.10 bits per heavy atom. The molecule has 21 heavy (non-hydrogen) atoms. The van der Waals surface area contributed by atoms with E-state index in [0.717, 1.165) is 11.3 Å². The van der Waals surface area contributed by atoms with Crippen LogP contribution in [0.4, 0.5) is 10.1 Å². The van der Waals surface area contributed by atoms with Crippen LogP contribution in [0.15, 0.2) is 47.4 Å². The fourth-order valence-electron chi connectivity index (χ4n) is 2.08. The lowest BCUT2D eigenvalue weighted by Gasteiger charge is -2.18. The predicted molar refractivity (Wildman–Crippen MR) is 82.7 cm³/mol. The molecule has 1 unspecified atom stereocenters. The molecule has 5 heteroatoms. The van der Waals surface area contributed by atoms with Crippen LogP contribution in [0, 0.1) is 12.7 Å². The molecule has 0 aliphatic carbocycles. The van der Waals surface area contributed by atoms with E-state index in [0.29, 0.717) is 10.5 Å². The first-order valence-corrected chi connectivity index (χ1v) is 8.50. The minimum Gasteiger partial charge on any atom is -0.378 e. The third kappa shape index (κ3) is 3.61. The SMILES string of the molecule is Cc1c(F)cccc1NC(C)c1ccc(S(C)(=O)=O)cc1. The highest BCUT2D eigenvalue weighted by Gasteiger charge is 2.11. The Morgan fingerprint density at radius 2 is 1.71 bits per heavy atom. The zero-order valence-electron chi connectivity index (χ0n) is 12.2. The van der Waals surface area contributed by atoms with E-state index in [-0.39, 0.29) is 11.9 Å². The van der Waals surface area contributed by atoms with Crippen molar-refractivity contribution in [3.05, 3.63) is 59.4 Å². The Kier molecular flexibility index (Phi) is 4.32. The molecule has 0 radical (unpaired) electrons. The van der Waals surface area contributed by atoms with E-state index < -0.39 is 9.84 Å². The van der Waals surface area contributed by atoms with Gasteiger partial charge < -0.3 is 5.32 Å². The normalized spacial score (nSPS) is 13.0. The number of hydrogen-bond donors (Lipinski definition) is 1. The second-order valence-electron chi connectivity index (χ2n) is 5.12. The summed E-state index contributed by atoms with van der Waals surface area (Å²) >= 11 is 0. The lowest BCUT2D eigenvalue weighted by atomic mass is 10.1. The number of anilines is 1. The van der Waals surface area contributed by atoms with Gasteiger partial charge in [-0.05, 0) is 43.7 Å². The minimum absolute atomic E-state index is 0.0564. The average molecular weight is 307 g/mol. The topological polar surface area (TPSA) is 46.2 Å². The number of benzene rings is 2. The largest absolute Gasteiger partial charge is 0.378 e. The molecule has 3 nitrogen and oxygen atoms in total. The molecule has 2 aromatic rings. The first-order chi connectivity index (χ1) is 9.79. The van der Waals surface area contributed by atoms with Gasteiger partial charge in [-0.1, -0.05) is 18.2 Å². The van der Waals surface area contributed by atoms with Crippen molar-refractivity contribution in [2.75, 3.05) is 11.6 Å². The molecular weight excluding hydrogens is 289 g/mol. The van der Waals surface area contributed by atoms with Crippen LogP contribution in [0.3, 0.4) is 0 Å². The van der Waals surface area contributed by atoms with Crippen molar-refractivity contribution in [3.63, 3.8) is 0 Å². The molecule has 0 heterocycles. The van der Waals surface area contributed by atoms with Crippen molar-refractivity contribution in [3.8, 4) is 0 Å². The highest BCUT2D eigenvalue weighted by atomic mass is 32.2. The molecule has 0 spiro atoms. The van der Waals surface area contributed by atoms with Crippen LogP contribution in [0.2, 0.25) is 0 Å². The molecule has 2 aromatic carbocycles. The molecule has 0 amide bonds. The Balaban J connectivity index is 2.21. The van der Waals surface area contributed by atoms with Crippen molar-refractivity contribution in [2.45, 2.75) is 24.8 Å². The number of rotatable bonds is 4. The number of nitrogens with one attached hydrogen (secondary N) is 1. The molecule has 1 N–H and O–H groups in total. The highest BCUT2D eigenvalue weighted by Crippen LogP contribution is 2.24. The van der Waals surface area contributed by atoms with Gasteiger partial charge in [-0.3, -0.25) is 0 Å². The first kappa shape index (κ1) is 15.5. The minimum atomic E-state index is -3.19. The molecular formula is C16H18FNO2S. The van der Waals surface area contributed by atoms with Crippen LogP contribution >= 0.6 is 0 Å². The van der Waals surface area contributed by atoms with Crippen molar-refractivity contribution in [1.82, 2.24) is 0 Å². The molecule has 1 atom stereocenters. The Morgan fingerprint density at radius 3 is 2.29 bits per heavy atom. The van der Waals surface area contributed by atoms with E-state index in [9.17, 15) is 12.8 Å². The lowest BCUT2D eigenvalue weighted by Crippen LogP contribution is -2.08. The Hall–Kier alpha value is -1.88. The second kappa shape index (κ2) is 5.85. The molecule has 112 valence electrons. The van der Waals surface area contributed by atoms with E-state index in [1.165, 1.54) is 12.3 Å². The lowest BCUT2D eigenvalue weighted by molar-refractivity contribution is 0.601. The van der Waals surface area contributed by atoms with Gasteiger partial charge in [0.25, 0.3) is 0 Å². The summed E-state index contributed by atoms with van der Waals surface area (Å²) in [6.45, 7) is 3.66. The second-order valence-corrected chi connectivity index (χ2v) is 7.14. The van der Waals surface area contributed by atoms with Gasteiger partial charge in [-0.2, -0.15) is 0 Å². The third-order valence-electron chi connectivity index (χ3n) is 3.45. The number of hydrogen-bond acceptors (Lipinski definition) is 3. The first-order valence-electron chi connectivity index (χ1n) is 6.60. The third-order valence-corrected chi connectivity index (χ3v) is 4.58. The molecule has 0 fully saturated rings. The number of halogens is 1. The van der Waals surface area contributed by atoms with E-state index in [1.54, 1.807) is 37.3 Å². The smallest absolute Gasteiger partial charge is 0.175 e. The van der Waals surface area contributed by atoms with Crippen molar-refractivity contribution < 1.29 is 12.8 Å². The van der Waals surface area contributed by atoms with Crippen LogP contribution in [-0.4, -0.2) is 14.7 Å². The van der Waals surface area contributed by atoms with Crippen LogP contribution in [-0.2, 0) is 9.84 Å². The van der Waals surface area contributed by atoms with Crippen molar-refractivity contribution in [2.24, 2.45) is 0 Å². The van der Waals surface area contributed by atoms with E-state index in [2.05, 4.69) is 5.32 Å². The maximum atomic E-state index is 13.5. The van der Waals surface area contributed by atoms with Crippen LogP contribution in [0.1, 0.15) is 24.1 Å². The average Bonchev–Trinajstić information content (AvgIpc) is 2.43. The summed E-state index contributed by atoms with van der Waals surface area (Å²) in [5, 5.41) is 3.24. The van der Waals surface area contributed by atoms with Gasteiger partial charge in [0, 0.05) is 23.5 Å². The van der Waals surface area contributed by atoms with Gasteiger partial charge in [-0.25, -0.2) is 12.8 Å². The van der Waals surface area contributed by atoms with Gasteiger partial charge in [-0.15, -0.1) is 0 Å². The summed E-state index contributed by atoms with van der Waals surface area (Å²) in [4.78, 5) is 0.292. The van der Waals surface area contributed by atoms with Crippen LogP contribution in [0.25, 0.3) is 0 Å². The van der Waals surface area contributed by atoms with Crippen molar-refractivity contribution in [1.29, 1.82) is 0 Å². The summed E-state index contributed by atoms with van der Waals surface area (Å²) in [6.07, 6.45) is 1.18. The summed E-state index contributed by atoms with van der Waals surface area (Å²) in [6, 6.07) is 11.5. The summed E-state index contributed by atoms with van der Waals surface area (Å²) in [5.74, 6) is -0.250. The highest BCUT2D eigenvalue weighted by molar-refractivity contribution is 7.90. The zero-order chi connectivity index (χ0) is 15.6. The summed E-state index contributed by atoms with van der Waals surface area (Å²) < 4.78 is 36.4. The number of sulfone groups is 1. The van der Waals surface area contributed by atoms with Gasteiger partial charge in [0.1, 0.15) is 5.82 Å². The maximum absolute atomic E-state index is 13.5. The molecule has 0 aromatic heterocycles. The molecule has 0 saturated heterocycles. The molecule has 0 bridgehead atoms. The van der Waals surface area contributed by atoms with Crippen LogP contribution < -0.4 is 5.32 Å². The Bertz CT molecular complexity index is 739. The standard InChI is InChI=1S/C16H18FNO2S/c1-11-15(17)5-4-6-16(11)18-12(2)13-7-9-14(10-8-13)21(3,19)20/h4-10,12,18H,1-3H3. The quantitative estimate of drug-likeness (QED) is 0.936. The van der Waals surface area contributed by atoms with E-state index in [1.807, 2.05) is 13.0 Å². The van der Waals surface area contributed by atoms with E-state index >= 15 is 0 Å². The molecule has 0 aliphatic rings. The molecule has 2 rings (SSSR count). The van der Waals surface area contributed by atoms with E-state index in [4.69, 9.17) is 0 Å². The van der Waals surface area contributed by atoms with Crippen molar-refractivity contribution >= 4 is 15.5 Å². The zero-order valence-corrected chi connectivity index (χ0v) is 13.0.